The molecule has 1 saturated heterocycles. The molecule has 14 heteroatoms. The number of anilines is 2. The van der Waals surface area contributed by atoms with E-state index in [1.54, 1.807) is 47.6 Å². The third kappa shape index (κ3) is 8.11. The molecule has 1 amide bonds. The number of nitrogens with zero attached hydrogens (tertiary/aromatic N) is 5. The quantitative estimate of drug-likeness (QED) is 0.187. The Morgan fingerprint density at radius 1 is 1.10 bits per heavy atom. The molecule has 12 nitrogen and oxygen atoms in total. The lowest BCUT2D eigenvalue weighted by Crippen LogP contribution is -2.47. The number of carbonyl (C=O) groups is 1. The maximum absolute atomic E-state index is 15.1. The molecule has 4 aromatic rings. The van der Waals surface area contributed by atoms with Gasteiger partial charge in [-0.05, 0) is 82.9 Å². The molecule has 2 aromatic carbocycles. The Labute approximate surface area is 280 Å². The van der Waals surface area contributed by atoms with Crippen LogP contribution in [0.4, 0.5) is 20.8 Å². The number of rotatable bonds is 10. The van der Waals surface area contributed by atoms with Crippen LogP contribution in [0.1, 0.15) is 52.5 Å². The number of aromatic nitrogens is 3. The van der Waals surface area contributed by atoms with E-state index in [0.717, 1.165) is 22.7 Å². The minimum Gasteiger partial charge on any atom is -0.444 e. The minimum absolute atomic E-state index is 0.0711. The normalized spacial score (nSPS) is 15.4. The second-order valence-electron chi connectivity index (χ2n) is 12.8. The molecule has 0 radical (unpaired) electrons. The average molecular weight is 680 g/mol. The zero-order chi connectivity index (χ0) is 34.6. The zero-order valence-electron chi connectivity index (χ0n) is 28.1. The van der Waals surface area contributed by atoms with E-state index < -0.39 is 21.6 Å². The number of hydrogen-bond acceptors (Lipinski definition) is 9. The van der Waals surface area contributed by atoms with Gasteiger partial charge in [-0.1, -0.05) is 19.1 Å². The van der Waals surface area contributed by atoms with Gasteiger partial charge in [0.25, 0.3) is 0 Å². The van der Waals surface area contributed by atoms with Gasteiger partial charge in [-0.15, -0.1) is 0 Å². The molecular weight excluding hydrogens is 637 g/mol. The molecule has 1 atom stereocenters. The van der Waals surface area contributed by atoms with Crippen molar-refractivity contribution in [1.29, 1.82) is 0 Å². The number of ether oxygens (including phenoxy) is 2. The summed E-state index contributed by atoms with van der Waals surface area (Å²) < 4.78 is 56.6. The summed E-state index contributed by atoms with van der Waals surface area (Å²) in [6.07, 6.45) is 5.13. The van der Waals surface area contributed by atoms with Crippen LogP contribution in [0, 0.1) is 12.7 Å². The molecule has 2 N–H and O–H groups in total. The summed E-state index contributed by atoms with van der Waals surface area (Å²) >= 11 is 0. The molecule has 1 unspecified atom stereocenters. The molecule has 3 heterocycles. The van der Waals surface area contributed by atoms with Gasteiger partial charge in [0, 0.05) is 55.9 Å². The van der Waals surface area contributed by atoms with Gasteiger partial charge in [0.05, 0.1) is 16.9 Å². The van der Waals surface area contributed by atoms with Crippen LogP contribution in [0.2, 0.25) is 0 Å². The number of benzene rings is 2. The van der Waals surface area contributed by atoms with Gasteiger partial charge in [0.1, 0.15) is 17.2 Å². The van der Waals surface area contributed by atoms with Crippen LogP contribution in [0.15, 0.2) is 54.9 Å². The molecule has 48 heavy (non-hydrogen) atoms. The Morgan fingerprint density at radius 3 is 2.62 bits per heavy atom. The highest BCUT2D eigenvalue weighted by molar-refractivity contribution is 7.90. The third-order valence-corrected chi connectivity index (χ3v) is 9.25. The van der Waals surface area contributed by atoms with Crippen molar-refractivity contribution in [3.8, 4) is 22.9 Å². The van der Waals surface area contributed by atoms with Gasteiger partial charge in [-0.25, -0.2) is 24.1 Å². The standard InChI is InChI=1S/C34H42FN7O5S/c1-7-19-41(6)48(44,45)40-29-24-13-12-22(2)30(25(24)14-15-27(29)35)46-31-26(11-8-17-36-31)28-16-18-37-32(39-28)38-23-10-9-20-42(21-23)33(43)47-34(3,4)5/h8,11-18,23,40H,7,9-10,19-21H2,1-6H3,(H,37,38,39). The van der Waals surface area contributed by atoms with Gasteiger partial charge in [0.2, 0.25) is 11.8 Å². The second kappa shape index (κ2) is 14.3. The Hall–Kier alpha value is -4.56. The van der Waals surface area contributed by atoms with Gasteiger partial charge < -0.3 is 19.7 Å². The number of amides is 1. The Balaban J connectivity index is 1.42. The molecule has 0 aliphatic carbocycles. The highest BCUT2D eigenvalue weighted by Crippen LogP contribution is 2.40. The van der Waals surface area contributed by atoms with Crippen LogP contribution in [0.25, 0.3) is 22.0 Å². The molecule has 0 bridgehead atoms. The van der Waals surface area contributed by atoms with Crippen LogP contribution in [-0.2, 0) is 14.9 Å². The number of likely N-dealkylation sites (tertiary alicyclic amines) is 1. The van der Waals surface area contributed by atoms with Crippen molar-refractivity contribution >= 4 is 38.7 Å². The van der Waals surface area contributed by atoms with Crippen molar-refractivity contribution in [2.24, 2.45) is 0 Å². The Kier molecular flexibility index (Phi) is 10.3. The number of carbonyl (C=O) groups excluding carboxylic acids is 1. The summed E-state index contributed by atoms with van der Waals surface area (Å²) in [5.41, 5.74) is 1.12. The fraction of sp³-hybridized carbons (Fsp3) is 0.412. The molecule has 1 aliphatic heterocycles. The van der Waals surface area contributed by atoms with Crippen LogP contribution < -0.4 is 14.8 Å². The van der Waals surface area contributed by atoms with Gasteiger partial charge in [-0.2, -0.15) is 12.7 Å². The predicted octanol–water partition coefficient (Wildman–Crippen LogP) is 6.74. The third-order valence-electron chi connectivity index (χ3n) is 7.79. The molecule has 0 spiro atoms. The summed E-state index contributed by atoms with van der Waals surface area (Å²) in [6, 6.07) is 11.4. The predicted molar refractivity (Wildman–Crippen MR) is 184 cm³/mol. The number of pyridine rings is 1. The number of nitrogens with one attached hydrogen (secondary N) is 2. The number of piperidine rings is 1. The minimum atomic E-state index is -4.00. The van der Waals surface area contributed by atoms with Crippen molar-refractivity contribution in [2.75, 3.05) is 36.7 Å². The molecular formula is C34H42FN7O5S. The average Bonchev–Trinajstić information content (AvgIpc) is 3.03. The van der Waals surface area contributed by atoms with E-state index in [4.69, 9.17) is 14.5 Å². The fourth-order valence-electron chi connectivity index (χ4n) is 5.45. The fourth-order valence-corrected chi connectivity index (χ4v) is 6.50. The van der Waals surface area contributed by atoms with Gasteiger partial charge in [-0.3, -0.25) is 4.72 Å². The summed E-state index contributed by atoms with van der Waals surface area (Å²) in [6.45, 7) is 10.6. The zero-order valence-corrected chi connectivity index (χ0v) is 28.9. The summed E-state index contributed by atoms with van der Waals surface area (Å²) in [5.74, 6) is 0.324. The second-order valence-corrected chi connectivity index (χ2v) is 14.6. The molecule has 1 aliphatic rings. The van der Waals surface area contributed by atoms with E-state index in [-0.39, 0.29) is 30.2 Å². The van der Waals surface area contributed by atoms with E-state index in [1.165, 1.54) is 13.1 Å². The first-order valence-corrected chi connectivity index (χ1v) is 17.4. The van der Waals surface area contributed by atoms with E-state index in [0.29, 0.717) is 53.2 Å². The Bertz CT molecular complexity index is 1900. The lowest BCUT2D eigenvalue weighted by molar-refractivity contribution is 0.0206. The van der Waals surface area contributed by atoms with Crippen molar-refractivity contribution in [3.63, 3.8) is 0 Å². The largest absolute Gasteiger partial charge is 0.444 e. The maximum Gasteiger partial charge on any atom is 0.410 e. The molecule has 0 saturated carbocycles. The number of halogens is 1. The van der Waals surface area contributed by atoms with E-state index in [9.17, 15) is 13.2 Å². The van der Waals surface area contributed by atoms with Crippen molar-refractivity contribution in [3.05, 3.63) is 66.2 Å². The molecule has 5 rings (SSSR count). The topological polar surface area (TPSA) is 139 Å². The van der Waals surface area contributed by atoms with Crippen molar-refractivity contribution in [2.45, 2.75) is 65.5 Å². The van der Waals surface area contributed by atoms with Crippen LogP contribution in [0.5, 0.6) is 11.6 Å². The number of hydrogen-bond donors (Lipinski definition) is 2. The Morgan fingerprint density at radius 2 is 1.88 bits per heavy atom. The molecule has 256 valence electrons. The highest BCUT2D eigenvalue weighted by atomic mass is 32.2. The summed E-state index contributed by atoms with van der Waals surface area (Å²) in [5, 5.41) is 4.20. The van der Waals surface area contributed by atoms with E-state index in [2.05, 4.69) is 20.0 Å². The summed E-state index contributed by atoms with van der Waals surface area (Å²) in [4.78, 5) is 28.0. The first kappa shape index (κ1) is 34.8. The maximum atomic E-state index is 15.1. The summed E-state index contributed by atoms with van der Waals surface area (Å²) in [7, 11) is -2.56. The first-order valence-electron chi connectivity index (χ1n) is 15.9. The SMILES string of the molecule is CCCN(C)S(=O)(=O)Nc1c(F)ccc2c(Oc3ncccc3-c3ccnc(NC4CCCN(C(=O)OC(C)(C)C)C4)n3)c(C)ccc12. The lowest BCUT2D eigenvalue weighted by atomic mass is 10.0. The van der Waals surface area contributed by atoms with Gasteiger partial charge >= 0.3 is 16.3 Å². The van der Waals surface area contributed by atoms with Crippen molar-refractivity contribution in [1.82, 2.24) is 24.2 Å². The van der Waals surface area contributed by atoms with Gasteiger partial charge in [0.15, 0.2) is 0 Å². The molecule has 1 fully saturated rings. The number of aryl methyl sites for hydroxylation is 1. The lowest BCUT2D eigenvalue weighted by Gasteiger charge is -2.34. The first-order chi connectivity index (χ1) is 22.8. The molecule has 2 aromatic heterocycles. The van der Waals surface area contributed by atoms with Crippen LogP contribution >= 0.6 is 0 Å². The van der Waals surface area contributed by atoms with E-state index >= 15 is 4.39 Å². The van der Waals surface area contributed by atoms with E-state index in [1.807, 2.05) is 40.7 Å². The van der Waals surface area contributed by atoms with Crippen LogP contribution in [-0.4, -0.2) is 77.0 Å². The highest BCUT2D eigenvalue weighted by Gasteiger charge is 2.28. The van der Waals surface area contributed by atoms with Crippen LogP contribution in [0.3, 0.4) is 0 Å². The van der Waals surface area contributed by atoms with Crippen molar-refractivity contribution < 1.29 is 27.1 Å². The monoisotopic (exact) mass is 679 g/mol. The number of fused-ring (bicyclic) bond motifs is 1. The smallest absolute Gasteiger partial charge is 0.410 e.